The molecule has 2 saturated heterocycles. The van der Waals surface area contributed by atoms with Gasteiger partial charge in [-0.05, 0) is 27.7 Å². The van der Waals surface area contributed by atoms with Gasteiger partial charge in [0.15, 0.2) is 17.1 Å². The number of amides is 1. The molecule has 5 atom stereocenters. The van der Waals surface area contributed by atoms with Gasteiger partial charge >= 0.3 is 11.9 Å². The van der Waals surface area contributed by atoms with E-state index in [1.807, 2.05) is 0 Å². The molecule has 12 heteroatoms. The monoisotopic (exact) mass is 494 g/mol. The molecule has 1 unspecified atom stereocenters. The zero-order valence-corrected chi connectivity index (χ0v) is 20.3. The molecule has 0 aromatic heterocycles. The second-order valence-electron chi connectivity index (χ2n) is 7.91. The Bertz CT molecular complexity index is 771. The van der Waals surface area contributed by atoms with Crippen LogP contribution in [0.5, 0.6) is 0 Å². The van der Waals surface area contributed by atoms with E-state index in [4.69, 9.17) is 14.2 Å². The number of hydrogen-bond donors (Lipinski definition) is 2. The van der Waals surface area contributed by atoms with Crippen molar-refractivity contribution in [3.63, 3.8) is 0 Å². The largest absolute Gasteiger partial charge is 0.426 e. The molecule has 3 aliphatic heterocycles. The second-order valence-corrected chi connectivity index (χ2v) is 12.3. The van der Waals surface area contributed by atoms with Gasteiger partial charge in [-0.15, -0.1) is 11.8 Å². The van der Waals surface area contributed by atoms with E-state index in [0.29, 0.717) is 16.6 Å². The Morgan fingerprint density at radius 3 is 2.68 bits per heavy atom. The van der Waals surface area contributed by atoms with Gasteiger partial charge < -0.3 is 19.3 Å². The number of fused-ring (bicyclic) bond motifs is 1. The van der Waals surface area contributed by atoms with Gasteiger partial charge in [0, 0.05) is 13.0 Å². The fourth-order valence-electron chi connectivity index (χ4n) is 3.52. The van der Waals surface area contributed by atoms with Crippen molar-refractivity contribution >= 4 is 52.5 Å². The van der Waals surface area contributed by atoms with E-state index in [0.717, 1.165) is 12.2 Å². The molecule has 31 heavy (non-hydrogen) atoms. The summed E-state index contributed by atoms with van der Waals surface area (Å²) in [6.45, 7) is 6.15. The van der Waals surface area contributed by atoms with Gasteiger partial charge in [-0.25, -0.2) is 9.59 Å². The molecule has 0 aromatic rings. The molecular formula is C19H28NO8S3+. The van der Waals surface area contributed by atoms with Crippen LogP contribution in [0.1, 0.15) is 34.1 Å². The van der Waals surface area contributed by atoms with Crippen LogP contribution in [-0.2, 0) is 39.8 Å². The van der Waals surface area contributed by atoms with Crippen LogP contribution in [0.3, 0.4) is 0 Å². The smallest absolute Gasteiger partial charge is 0.359 e. The molecule has 0 bridgehead atoms. The van der Waals surface area contributed by atoms with Gasteiger partial charge in [-0.2, -0.15) is 4.55 Å². The molecule has 0 radical (unpaired) electrons. The Balaban J connectivity index is 1.68. The average molecular weight is 495 g/mol. The summed E-state index contributed by atoms with van der Waals surface area (Å²) in [6, 6.07) is 0. The predicted octanol–water partition coefficient (Wildman–Crippen LogP) is 1.52. The standard InChI is InChI=1S/C19H28NO8S3/c1-5-28-19(3,4)18(24)27-9-26-16(23)13-17(29-11-6-7-31(25)8-11)30-15-12(10(2)21)14(22)20(13)15/h10-12,15,21,25H,5-9H2,1-4H3/q+1/t10-,11+,12+,15-,31?/m1/s1. The number of carbonyl (C=O) groups is 3. The molecule has 2 N–H and O–H groups in total. The quantitative estimate of drug-likeness (QED) is 0.211. The molecule has 0 spiro atoms. The summed E-state index contributed by atoms with van der Waals surface area (Å²) in [5, 5.41) is 9.71. The zero-order chi connectivity index (χ0) is 22.9. The van der Waals surface area contributed by atoms with Crippen LogP contribution in [-0.4, -0.2) is 79.6 Å². The van der Waals surface area contributed by atoms with E-state index in [1.54, 1.807) is 27.7 Å². The molecule has 3 heterocycles. The molecule has 0 saturated carbocycles. The number of thioether (sulfide) groups is 2. The third-order valence-corrected chi connectivity index (χ3v) is 9.74. The number of esters is 2. The Hall–Kier alpha value is -0.920. The molecule has 9 nitrogen and oxygen atoms in total. The topological polar surface area (TPSA) is 123 Å². The summed E-state index contributed by atoms with van der Waals surface area (Å²) in [6.07, 6.45) is -0.0152. The normalized spacial score (nSPS) is 29.0. The van der Waals surface area contributed by atoms with Crippen molar-refractivity contribution in [2.45, 2.75) is 56.4 Å². The summed E-state index contributed by atoms with van der Waals surface area (Å²) in [5.41, 5.74) is -1.05. The zero-order valence-electron chi connectivity index (χ0n) is 17.9. The van der Waals surface area contributed by atoms with Crippen LogP contribution in [0.25, 0.3) is 0 Å². The van der Waals surface area contributed by atoms with E-state index >= 15 is 0 Å². The molecule has 3 rings (SSSR count). The number of aliphatic hydroxyl groups is 1. The highest BCUT2D eigenvalue weighted by molar-refractivity contribution is 8.23. The van der Waals surface area contributed by atoms with Crippen molar-refractivity contribution in [3.8, 4) is 0 Å². The van der Waals surface area contributed by atoms with Crippen molar-refractivity contribution < 1.29 is 38.3 Å². The second kappa shape index (κ2) is 9.92. The third kappa shape index (κ3) is 5.19. The molecular weight excluding hydrogens is 466 g/mol. The Morgan fingerprint density at radius 1 is 1.39 bits per heavy atom. The van der Waals surface area contributed by atoms with E-state index < -0.39 is 47.5 Å². The fraction of sp³-hybridized carbons (Fsp3) is 0.737. The first-order valence-electron chi connectivity index (χ1n) is 10.0. The number of carbonyl (C=O) groups excluding carboxylic acids is 3. The maximum atomic E-state index is 12.8. The number of rotatable bonds is 9. The average Bonchev–Trinajstić information content (AvgIpc) is 3.22. The van der Waals surface area contributed by atoms with Gasteiger partial charge in [0.2, 0.25) is 12.7 Å². The summed E-state index contributed by atoms with van der Waals surface area (Å²) in [5.74, 6) is -0.995. The number of hydrogen-bond acceptors (Lipinski definition) is 10. The number of aliphatic hydroxyl groups excluding tert-OH is 1. The molecule has 3 aliphatic rings. The maximum Gasteiger partial charge on any atom is 0.359 e. The lowest BCUT2D eigenvalue weighted by Crippen LogP contribution is -2.60. The number of β-lactam (4-membered cyclic amide) rings is 1. The van der Waals surface area contributed by atoms with Crippen molar-refractivity contribution in [3.05, 3.63) is 9.93 Å². The molecule has 2 fully saturated rings. The van der Waals surface area contributed by atoms with Gasteiger partial charge in [-0.3, -0.25) is 9.69 Å². The lowest BCUT2D eigenvalue weighted by atomic mass is 9.92. The first kappa shape index (κ1) is 24.7. The van der Waals surface area contributed by atoms with E-state index in [1.165, 1.54) is 28.4 Å². The van der Waals surface area contributed by atoms with E-state index in [-0.39, 0.29) is 22.2 Å². The predicted molar refractivity (Wildman–Crippen MR) is 119 cm³/mol. The maximum absolute atomic E-state index is 12.8. The molecule has 0 aliphatic carbocycles. The van der Waals surface area contributed by atoms with Crippen LogP contribution < -0.4 is 0 Å². The minimum Gasteiger partial charge on any atom is -0.426 e. The van der Waals surface area contributed by atoms with Crippen molar-refractivity contribution in [1.82, 2.24) is 4.90 Å². The van der Waals surface area contributed by atoms with Gasteiger partial charge in [0.05, 0.1) is 21.5 Å². The van der Waals surface area contributed by atoms with Crippen molar-refractivity contribution in [1.29, 1.82) is 0 Å². The van der Waals surface area contributed by atoms with Crippen LogP contribution in [0.15, 0.2) is 9.93 Å². The Kier molecular flexibility index (Phi) is 7.91. The minimum atomic E-state index is -1.17. The SMILES string of the molecule is CCOC(C)(C)C(=O)OCOC(=O)C1=C(S[C@H]2CC[S+](O)C2)S[C@@H]2[C@@H]([C@@H](C)O)C(=O)N12. The van der Waals surface area contributed by atoms with Crippen LogP contribution in [0.2, 0.25) is 0 Å². The lowest BCUT2D eigenvalue weighted by molar-refractivity contribution is -0.183. The Morgan fingerprint density at radius 2 is 2.10 bits per heavy atom. The van der Waals surface area contributed by atoms with Crippen LogP contribution in [0.4, 0.5) is 0 Å². The van der Waals surface area contributed by atoms with E-state index in [9.17, 15) is 24.0 Å². The van der Waals surface area contributed by atoms with Crippen LogP contribution >= 0.6 is 23.5 Å². The first-order valence-corrected chi connectivity index (χ1v) is 13.3. The highest BCUT2D eigenvalue weighted by Crippen LogP contribution is 2.55. The summed E-state index contributed by atoms with van der Waals surface area (Å²) < 4.78 is 26.0. The Labute approximate surface area is 192 Å². The first-order chi connectivity index (χ1) is 14.6. The van der Waals surface area contributed by atoms with E-state index in [2.05, 4.69) is 0 Å². The fourth-order valence-corrected chi connectivity index (χ4v) is 8.80. The van der Waals surface area contributed by atoms with Crippen molar-refractivity contribution in [2.75, 3.05) is 24.9 Å². The number of ether oxygens (including phenoxy) is 3. The lowest BCUT2D eigenvalue weighted by Gasteiger charge is -2.43. The highest BCUT2D eigenvalue weighted by Gasteiger charge is 2.58. The van der Waals surface area contributed by atoms with Gasteiger partial charge in [-0.1, -0.05) is 11.8 Å². The molecule has 1 amide bonds. The number of nitrogens with zero attached hydrogens (tertiary/aromatic N) is 1. The van der Waals surface area contributed by atoms with Gasteiger partial charge in [0.25, 0.3) is 0 Å². The minimum absolute atomic E-state index is 0.117. The van der Waals surface area contributed by atoms with Crippen LogP contribution in [0, 0.1) is 5.92 Å². The van der Waals surface area contributed by atoms with Gasteiger partial charge in [0.1, 0.15) is 22.3 Å². The third-order valence-electron chi connectivity index (χ3n) is 5.16. The summed E-state index contributed by atoms with van der Waals surface area (Å²) >= 11 is 2.18. The summed E-state index contributed by atoms with van der Waals surface area (Å²) in [4.78, 5) is 38.9. The highest BCUT2D eigenvalue weighted by atomic mass is 32.2. The molecule has 174 valence electrons. The van der Waals surface area contributed by atoms with Crippen molar-refractivity contribution in [2.24, 2.45) is 5.92 Å². The summed E-state index contributed by atoms with van der Waals surface area (Å²) in [7, 11) is 0. The molecule has 0 aromatic carbocycles.